The highest BCUT2D eigenvalue weighted by molar-refractivity contribution is 6.37. The van der Waals surface area contributed by atoms with Gasteiger partial charge < -0.3 is 15.4 Å². The summed E-state index contributed by atoms with van der Waals surface area (Å²) in [6.45, 7) is 3.67. The third-order valence-corrected chi connectivity index (χ3v) is 3.76. The second-order valence-electron chi connectivity index (χ2n) is 4.70. The first-order chi connectivity index (χ1) is 8.54. The molecule has 2 N–H and O–H groups in total. The number of nitrogens with one attached hydrogen (secondary N) is 2. The summed E-state index contributed by atoms with van der Waals surface area (Å²) in [7, 11) is 1.78. The Morgan fingerprint density at radius 2 is 1.83 bits per heavy atom. The van der Waals surface area contributed by atoms with E-state index in [-0.39, 0.29) is 5.54 Å². The fourth-order valence-corrected chi connectivity index (χ4v) is 2.46. The normalized spacial score (nSPS) is 18.4. The van der Waals surface area contributed by atoms with Gasteiger partial charge in [0.15, 0.2) is 0 Å². The Labute approximate surface area is 117 Å². The molecule has 4 nitrogen and oxygen atoms in total. The number of nitrogens with zero attached hydrogens (tertiary/aromatic N) is 1. The Balaban J connectivity index is 2.22. The van der Waals surface area contributed by atoms with E-state index in [1.807, 2.05) is 0 Å². The average Bonchev–Trinajstić information content (AvgIpc) is 2.33. The fraction of sp³-hybridized carbons (Fsp3) is 0.583. The van der Waals surface area contributed by atoms with Gasteiger partial charge in [0.2, 0.25) is 0 Å². The molecule has 1 aromatic rings. The van der Waals surface area contributed by atoms with Gasteiger partial charge >= 0.3 is 0 Å². The van der Waals surface area contributed by atoms with E-state index in [4.69, 9.17) is 27.9 Å². The van der Waals surface area contributed by atoms with Crippen LogP contribution < -0.4 is 10.6 Å². The van der Waals surface area contributed by atoms with Gasteiger partial charge in [0, 0.05) is 25.8 Å². The molecular formula is C12H17Cl2N3O. The van der Waals surface area contributed by atoms with Gasteiger partial charge in [0.25, 0.3) is 0 Å². The number of anilines is 2. The molecule has 1 aliphatic heterocycles. The fourth-order valence-electron chi connectivity index (χ4n) is 1.96. The number of aromatic nitrogens is 1. The topological polar surface area (TPSA) is 46.2 Å². The second kappa shape index (κ2) is 5.51. The van der Waals surface area contributed by atoms with Crippen molar-refractivity contribution in [2.45, 2.75) is 25.3 Å². The van der Waals surface area contributed by atoms with Crippen LogP contribution in [0, 0.1) is 0 Å². The molecule has 0 aromatic carbocycles. The highest BCUT2D eigenvalue weighted by Crippen LogP contribution is 2.32. The first kappa shape index (κ1) is 13.7. The third-order valence-electron chi connectivity index (χ3n) is 3.18. The van der Waals surface area contributed by atoms with Gasteiger partial charge in [-0.1, -0.05) is 23.2 Å². The van der Waals surface area contributed by atoms with E-state index in [0.717, 1.165) is 26.1 Å². The summed E-state index contributed by atoms with van der Waals surface area (Å²) in [6, 6.07) is 1.70. The monoisotopic (exact) mass is 289 g/mol. The van der Waals surface area contributed by atoms with E-state index >= 15 is 0 Å². The second-order valence-corrected chi connectivity index (χ2v) is 5.51. The SMILES string of the molecule is CNc1nc(NC2(C)CCOCC2)c(Cl)cc1Cl. The van der Waals surface area contributed by atoms with Crippen LogP contribution >= 0.6 is 23.2 Å². The van der Waals surface area contributed by atoms with Crippen molar-refractivity contribution >= 4 is 34.8 Å². The Hall–Kier alpha value is -0.710. The van der Waals surface area contributed by atoms with Gasteiger partial charge in [-0.2, -0.15) is 0 Å². The molecule has 2 rings (SSSR count). The minimum Gasteiger partial charge on any atom is -0.381 e. The zero-order chi connectivity index (χ0) is 13.2. The molecule has 100 valence electrons. The van der Waals surface area contributed by atoms with Crippen molar-refractivity contribution in [1.82, 2.24) is 4.98 Å². The van der Waals surface area contributed by atoms with E-state index < -0.39 is 0 Å². The number of pyridine rings is 1. The van der Waals surface area contributed by atoms with Crippen molar-refractivity contribution in [3.8, 4) is 0 Å². The van der Waals surface area contributed by atoms with Crippen LogP contribution in [0.5, 0.6) is 0 Å². The molecule has 0 radical (unpaired) electrons. The maximum atomic E-state index is 6.17. The van der Waals surface area contributed by atoms with Crippen LogP contribution in [0.15, 0.2) is 6.07 Å². The minimum atomic E-state index is -0.0340. The van der Waals surface area contributed by atoms with Gasteiger partial charge in [-0.3, -0.25) is 0 Å². The van der Waals surface area contributed by atoms with Crippen molar-refractivity contribution < 1.29 is 4.74 Å². The zero-order valence-corrected chi connectivity index (χ0v) is 12.0. The van der Waals surface area contributed by atoms with Gasteiger partial charge in [-0.05, 0) is 25.8 Å². The molecule has 6 heteroatoms. The summed E-state index contributed by atoms with van der Waals surface area (Å²) in [5.74, 6) is 1.29. The minimum absolute atomic E-state index is 0.0340. The summed E-state index contributed by atoms with van der Waals surface area (Å²) in [4.78, 5) is 4.40. The molecule has 0 atom stereocenters. The summed E-state index contributed by atoms with van der Waals surface area (Å²) in [5.41, 5.74) is -0.0340. The number of hydrogen-bond donors (Lipinski definition) is 2. The Morgan fingerprint density at radius 1 is 1.22 bits per heavy atom. The lowest BCUT2D eigenvalue weighted by Crippen LogP contribution is -2.41. The molecule has 0 aliphatic carbocycles. The summed E-state index contributed by atoms with van der Waals surface area (Å²) in [5, 5.41) is 7.40. The standard InChI is InChI=1S/C12H17Cl2N3O/c1-12(3-5-18-6-4-12)17-11-9(14)7-8(13)10(15-2)16-11/h7H,3-6H2,1-2H3,(H2,15,16,17). The van der Waals surface area contributed by atoms with Gasteiger partial charge in [-0.25, -0.2) is 4.98 Å². The first-order valence-electron chi connectivity index (χ1n) is 5.94. The van der Waals surface area contributed by atoms with Crippen molar-refractivity contribution in [3.05, 3.63) is 16.1 Å². The zero-order valence-electron chi connectivity index (χ0n) is 10.5. The third kappa shape index (κ3) is 2.99. The Kier molecular flexibility index (Phi) is 4.20. The van der Waals surface area contributed by atoms with Crippen LogP contribution in [0.1, 0.15) is 19.8 Å². The first-order valence-corrected chi connectivity index (χ1v) is 6.69. The van der Waals surface area contributed by atoms with Gasteiger partial charge in [0.05, 0.1) is 10.0 Å². The lowest BCUT2D eigenvalue weighted by Gasteiger charge is -2.35. The van der Waals surface area contributed by atoms with Crippen LogP contribution in [0.3, 0.4) is 0 Å². The summed E-state index contributed by atoms with van der Waals surface area (Å²) < 4.78 is 5.37. The number of hydrogen-bond acceptors (Lipinski definition) is 4. The van der Waals surface area contributed by atoms with Gasteiger partial charge in [-0.15, -0.1) is 0 Å². The lowest BCUT2D eigenvalue weighted by atomic mass is 9.92. The van der Waals surface area contributed by atoms with Crippen molar-refractivity contribution in [2.75, 3.05) is 30.9 Å². The van der Waals surface area contributed by atoms with Crippen LogP contribution in [-0.4, -0.2) is 30.8 Å². The van der Waals surface area contributed by atoms with Crippen LogP contribution in [0.25, 0.3) is 0 Å². The largest absolute Gasteiger partial charge is 0.381 e. The Morgan fingerprint density at radius 3 is 2.44 bits per heavy atom. The predicted octanol–water partition coefficient (Wildman–Crippen LogP) is 3.41. The molecule has 18 heavy (non-hydrogen) atoms. The highest BCUT2D eigenvalue weighted by Gasteiger charge is 2.28. The highest BCUT2D eigenvalue weighted by atomic mass is 35.5. The number of halogens is 2. The predicted molar refractivity (Wildman–Crippen MR) is 75.9 cm³/mol. The maximum Gasteiger partial charge on any atom is 0.147 e. The van der Waals surface area contributed by atoms with Crippen LogP contribution in [0.4, 0.5) is 11.6 Å². The van der Waals surface area contributed by atoms with E-state index in [9.17, 15) is 0 Å². The smallest absolute Gasteiger partial charge is 0.147 e. The van der Waals surface area contributed by atoms with Crippen LogP contribution in [0.2, 0.25) is 10.0 Å². The van der Waals surface area contributed by atoms with Gasteiger partial charge in [0.1, 0.15) is 11.6 Å². The molecular weight excluding hydrogens is 273 g/mol. The van der Waals surface area contributed by atoms with E-state index in [2.05, 4.69) is 22.5 Å². The Bertz CT molecular complexity index is 434. The number of rotatable bonds is 3. The molecule has 0 bridgehead atoms. The van der Waals surface area contributed by atoms with Crippen molar-refractivity contribution in [3.63, 3.8) is 0 Å². The average molecular weight is 290 g/mol. The summed E-state index contributed by atoms with van der Waals surface area (Å²) in [6.07, 6.45) is 1.87. The summed E-state index contributed by atoms with van der Waals surface area (Å²) >= 11 is 12.2. The van der Waals surface area contributed by atoms with E-state index in [0.29, 0.717) is 21.7 Å². The van der Waals surface area contributed by atoms with E-state index in [1.165, 1.54) is 0 Å². The molecule has 1 aliphatic rings. The molecule has 0 amide bonds. The molecule has 2 heterocycles. The van der Waals surface area contributed by atoms with Crippen molar-refractivity contribution in [1.29, 1.82) is 0 Å². The molecule has 1 saturated heterocycles. The van der Waals surface area contributed by atoms with Crippen LogP contribution in [-0.2, 0) is 4.74 Å². The molecule has 0 saturated carbocycles. The molecule has 0 unspecified atom stereocenters. The maximum absolute atomic E-state index is 6.17. The van der Waals surface area contributed by atoms with E-state index in [1.54, 1.807) is 13.1 Å². The molecule has 1 aromatic heterocycles. The molecule has 1 fully saturated rings. The quantitative estimate of drug-likeness (QED) is 0.895. The van der Waals surface area contributed by atoms with Crippen molar-refractivity contribution in [2.24, 2.45) is 0 Å². The number of ether oxygens (including phenoxy) is 1. The molecule has 0 spiro atoms. The lowest BCUT2D eigenvalue weighted by molar-refractivity contribution is 0.0657.